The van der Waals surface area contributed by atoms with Crippen LogP contribution in [0.25, 0.3) is 6.08 Å². The van der Waals surface area contributed by atoms with Crippen LogP contribution in [-0.4, -0.2) is 27.2 Å². The SMILES string of the molecule is COc1cc(OC)c(OC)cc1/C=C/C(=O)Nc1ccc(F)cc1. The van der Waals surface area contributed by atoms with Crippen LogP contribution in [0.2, 0.25) is 0 Å². The molecule has 0 aliphatic rings. The monoisotopic (exact) mass is 331 g/mol. The summed E-state index contributed by atoms with van der Waals surface area (Å²) in [5, 5.41) is 2.64. The second-order valence-corrected chi connectivity index (χ2v) is 4.78. The second-order valence-electron chi connectivity index (χ2n) is 4.78. The smallest absolute Gasteiger partial charge is 0.248 e. The molecule has 0 fully saturated rings. The highest BCUT2D eigenvalue weighted by Gasteiger charge is 2.10. The van der Waals surface area contributed by atoms with Crippen LogP contribution < -0.4 is 19.5 Å². The predicted molar refractivity (Wildman–Crippen MR) is 90.2 cm³/mol. The Hall–Kier alpha value is -3.02. The molecule has 6 heteroatoms. The van der Waals surface area contributed by atoms with E-state index in [1.165, 1.54) is 51.7 Å². The molecule has 2 rings (SSSR count). The summed E-state index contributed by atoms with van der Waals surface area (Å²) < 4.78 is 28.6. The first-order chi connectivity index (χ1) is 11.6. The van der Waals surface area contributed by atoms with Crippen molar-refractivity contribution < 1.29 is 23.4 Å². The van der Waals surface area contributed by atoms with Crippen LogP contribution in [0.5, 0.6) is 17.2 Å². The average molecular weight is 331 g/mol. The van der Waals surface area contributed by atoms with Gasteiger partial charge in [-0.25, -0.2) is 4.39 Å². The summed E-state index contributed by atoms with van der Waals surface area (Å²) in [6, 6.07) is 8.90. The van der Waals surface area contributed by atoms with E-state index in [1.54, 1.807) is 18.2 Å². The summed E-state index contributed by atoms with van der Waals surface area (Å²) in [5.74, 6) is 0.884. The quantitative estimate of drug-likeness (QED) is 0.823. The number of hydrogen-bond acceptors (Lipinski definition) is 4. The Bertz CT molecular complexity index is 741. The third kappa shape index (κ3) is 4.25. The van der Waals surface area contributed by atoms with Gasteiger partial charge in [0.1, 0.15) is 11.6 Å². The van der Waals surface area contributed by atoms with E-state index >= 15 is 0 Å². The maximum Gasteiger partial charge on any atom is 0.248 e. The lowest BCUT2D eigenvalue weighted by atomic mass is 10.1. The Kier molecular flexibility index (Phi) is 5.78. The molecule has 0 unspecified atom stereocenters. The molecule has 126 valence electrons. The van der Waals surface area contributed by atoms with Gasteiger partial charge in [0.15, 0.2) is 11.5 Å². The minimum absolute atomic E-state index is 0.349. The van der Waals surface area contributed by atoms with E-state index in [1.807, 2.05) is 0 Å². The molecular formula is C18H18FNO4. The third-order valence-electron chi connectivity index (χ3n) is 3.26. The van der Waals surface area contributed by atoms with Gasteiger partial charge in [0, 0.05) is 23.4 Å². The van der Waals surface area contributed by atoms with E-state index in [2.05, 4.69) is 5.32 Å². The highest BCUT2D eigenvalue weighted by Crippen LogP contribution is 2.35. The molecular weight excluding hydrogens is 313 g/mol. The Labute approximate surface area is 139 Å². The standard InChI is InChI=1S/C18H18FNO4/c1-22-15-11-17(24-3)16(23-2)10-12(15)4-9-18(21)20-14-7-5-13(19)6-8-14/h4-11H,1-3H3,(H,20,21)/b9-4+. The van der Waals surface area contributed by atoms with Crippen molar-refractivity contribution in [3.63, 3.8) is 0 Å². The number of carbonyl (C=O) groups is 1. The number of ether oxygens (including phenoxy) is 3. The van der Waals surface area contributed by atoms with Crippen molar-refractivity contribution in [2.75, 3.05) is 26.6 Å². The van der Waals surface area contributed by atoms with E-state index in [-0.39, 0.29) is 11.7 Å². The minimum Gasteiger partial charge on any atom is -0.496 e. The van der Waals surface area contributed by atoms with Crippen molar-refractivity contribution in [1.82, 2.24) is 0 Å². The zero-order valence-electron chi connectivity index (χ0n) is 13.6. The predicted octanol–water partition coefficient (Wildman–Crippen LogP) is 3.50. The Morgan fingerprint density at radius 3 is 2.12 bits per heavy atom. The Morgan fingerprint density at radius 2 is 1.54 bits per heavy atom. The highest BCUT2D eigenvalue weighted by atomic mass is 19.1. The molecule has 2 aromatic rings. The molecule has 0 heterocycles. The first-order valence-electron chi connectivity index (χ1n) is 7.12. The van der Waals surface area contributed by atoms with E-state index in [0.717, 1.165) is 0 Å². The molecule has 0 aliphatic heterocycles. The molecule has 0 radical (unpaired) electrons. The largest absolute Gasteiger partial charge is 0.496 e. The van der Waals surface area contributed by atoms with Crippen molar-refractivity contribution >= 4 is 17.7 Å². The van der Waals surface area contributed by atoms with Gasteiger partial charge in [-0.3, -0.25) is 4.79 Å². The summed E-state index contributed by atoms with van der Waals surface area (Å²) >= 11 is 0. The number of benzene rings is 2. The zero-order valence-corrected chi connectivity index (χ0v) is 13.6. The number of nitrogens with one attached hydrogen (secondary N) is 1. The number of methoxy groups -OCH3 is 3. The Morgan fingerprint density at radius 1 is 0.958 bits per heavy atom. The first kappa shape index (κ1) is 17.3. The van der Waals surface area contributed by atoms with Crippen LogP contribution in [0.4, 0.5) is 10.1 Å². The first-order valence-corrected chi connectivity index (χ1v) is 7.12. The minimum atomic E-state index is -0.362. The van der Waals surface area contributed by atoms with E-state index in [4.69, 9.17) is 14.2 Å². The number of halogens is 1. The highest BCUT2D eigenvalue weighted by molar-refractivity contribution is 6.02. The van der Waals surface area contributed by atoms with Crippen molar-refractivity contribution in [2.24, 2.45) is 0 Å². The fraction of sp³-hybridized carbons (Fsp3) is 0.167. The maximum absolute atomic E-state index is 12.8. The van der Waals surface area contributed by atoms with Crippen LogP contribution in [0.3, 0.4) is 0 Å². The molecule has 0 saturated heterocycles. The van der Waals surface area contributed by atoms with Crippen molar-refractivity contribution in [3.8, 4) is 17.2 Å². The number of carbonyl (C=O) groups excluding carboxylic acids is 1. The topological polar surface area (TPSA) is 56.8 Å². The number of rotatable bonds is 6. The van der Waals surface area contributed by atoms with E-state index in [0.29, 0.717) is 28.5 Å². The normalized spacial score (nSPS) is 10.5. The molecule has 0 saturated carbocycles. The van der Waals surface area contributed by atoms with Gasteiger partial charge in [0.05, 0.1) is 21.3 Å². The van der Waals surface area contributed by atoms with Crippen LogP contribution in [0.1, 0.15) is 5.56 Å². The second kappa shape index (κ2) is 8.01. The molecule has 1 amide bonds. The van der Waals surface area contributed by atoms with E-state index in [9.17, 15) is 9.18 Å². The molecule has 5 nitrogen and oxygen atoms in total. The fourth-order valence-corrected chi connectivity index (χ4v) is 2.07. The summed E-state index contributed by atoms with van der Waals surface area (Å²) in [7, 11) is 4.58. The van der Waals surface area contributed by atoms with Crippen LogP contribution in [0.15, 0.2) is 42.5 Å². The van der Waals surface area contributed by atoms with Gasteiger partial charge in [0.25, 0.3) is 0 Å². The number of amides is 1. The lowest BCUT2D eigenvalue weighted by molar-refractivity contribution is -0.111. The lowest BCUT2D eigenvalue weighted by Gasteiger charge is -2.12. The third-order valence-corrected chi connectivity index (χ3v) is 3.26. The summed E-state index contributed by atoms with van der Waals surface area (Å²) in [6.45, 7) is 0. The van der Waals surface area contributed by atoms with Gasteiger partial charge in [0.2, 0.25) is 5.91 Å². The molecule has 24 heavy (non-hydrogen) atoms. The van der Waals surface area contributed by atoms with Gasteiger partial charge >= 0.3 is 0 Å². The number of anilines is 1. The molecule has 0 spiro atoms. The summed E-state index contributed by atoms with van der Waals surface area (Å²) in [6.07, 6.45) is 2.95. The average Bonchev–Trinajstić information content (AvgIpc) is 2.61. The molecule has 2 aromatic carbocycles. The van der Waals surface area contributed by atoms with Gasteiger partial charge in [-0.2, -0.15) is 0 Å². The summed E-state index contributed by atoms with van der Waals surface area (Å²) in [5.41, 5.74) is 1.16. The molecule has 0 atom stereocenters. The van der Waals surface area contributed by atoms with Gasteiger partial charge in [-0.1, -0.05) is 0 Å². The van der Waals surface area contributed by atoms with Crippen molar-refractivity contribution in [3.05, 3.63) is 53.9 Å². The van der Waals surface area contributed by atoms with Gasteiger partial charge < -0.3 is 19.5 Å². The fourth-order valence-electron chi connectivity index (χ4n) is 2.07. The number of hydrogen-bond donors (Lipinski definition) is 1. The summed E-state index contributed by atoms with van der Waals surface area (Å²) in [4.78, 5) is 12.0. The van der Waals surface area contributed by atoms with Gasteiger partial charge in [-0.05, 0) is 36.4 Å². The maximum atomic E-state index is 12.8. The van der Waals surface area contributed by atoms with Crippen LogP contribution in [-0.2, 0) is 4.79 Å². The Balaban J connectivity index is 2.17. The van der Waals surface area contributed by atoms with Crippen LogP contribution >= 0.6 is 0 Å². The lowest BCUT2D eigenvalue weighted by Crippen LogP contribution is -2.07. The van der Waals surface area contributed by atoms with Crippen molar-refractivity contribution in [2.45, 2.75) is 0 Å². The van der Waals surface area contributed by atoms with Gasteiger partial charge in [-0.15, -0.1) is 0 Å². The molecule has 0 aliphatic carbocycles. The van der Waals surface area contributed by atoms with Crippen LogP contribution in [0, 0.1) is 5.82 Å². The van der Waals surface area contributed by atoms with Crippen molar-refractivity contribution in [1.29, 1.82) is 0 Å². The zero-order chi connectivity index (χ0) is 17.5. The molecule has 0 aromatic heterocycles. The molecule has 1 N–H and O–H groups in total. The van der Waals surface area contributed by atoms with E-state index < -0.39 is 0 Å². The molecule has 0 bridgehead atoms.